The van der Waals surface area contributed by atoms with Crippen LogP contribution in [0.15, 0.2) is 22.6 Å². The molecule has 2 aromatic rings. The van der Waals surface area contributed by atoms with Gasteiger partial charge in [-0.25, -0.2) is 4.98 Å². The molecule has 0 aliphatic rings. The summed E-state index contributed by atoms with van der Waals surface area (Å²) in [4.78, 5) is 15.8. The number of esters is 1. The van der Waals surface area contributed by atoms with E-state index in [2.05, 4.69) is 4.98 Å². The van der Waals surface area contributed by atoms with Gasteiger partial charge in [-0.3, -0.25) is 4.79 Å². The number of aryl methyl sites for hydroxylation is 1. The van der Waals surface area contributed by atoms with Crippen molar-refractivity contribution in [3.8, 4) is 0 Å². The first-order chi connectivity index (χ1) is 8.15. The van der Waals surface area contributed by atoms with E-state index in [0.29, 0.717) is 17.9 Å². The third-order valence-corrected chi connectivity index (χ3v) is 2.82. The predicted molar refractivity (Wildman–Crippen MR) is 63.8 cm³/mol. The molecule has 1 unspecified atom stereocenters. The third-order valence-electron chi connectivity index (χ3n) is 2.82. The van der Waals surface area contributed by atoms with Gasteiger partial charge in [0.05, 0.1) is 13.0 Å². The van der Waals surface area contributed by atoms with E-state index in [0.717, 1.165) is 11.1 Å². The van der Waals surface area contributed by atoms with Gasteiger partial charge in [0.2, 0.25) is 0 Å². The molecule has 0 bridgehead atoms. The molecule has 0 amide bonds. The number of fused-ring (bicyclic) bond motifs is 1. The molecule has 0 aliphatic carbocycles. The standard InChI is InChI=1S/C13H15NO3/c1-4-10(13(15)16-3)9-5-6-11-12(7-9)17-8(2)14-11/h5-7,10H,4H2,1-3H3. The number of hydrogen-bond acceptors (Lipinski definition) is 4. The Balaban J connectivity index is 2.43. The zero-order chi connectivity index (χ0) is 12.4. The average Bonchev–Trinajstić information content (AvgIpc) is 2.69. The van der Waals surface area contributed by atoms with Gasteiger partial charge in [0.15, 0.2) is 11.5 Å². The monoisotopic (exact) mass is 233 g/mol. The quantitative estimate of drug-likeness (QED) is 0.765. The van der Waals surface area contributed by atoms with E-state index in [1.807, 2.05) is 25.1 Å². The zero-order valence-electron chi connectivity index (χ0n) is 10.2. The van der Waals surface area contributed by atoms with Crippen LogP contribution in [0, 0.1) is 6.92 Å². The number of aromatic nitrogens is 1. The molecule has 0 saturated heterocycles. The van der Waals surface area contributed by atoms with Gasteiger partial charge >= 0.3 is 5.97 Å². The molecular weight excluding hydrogens is 218 g/mol. The van der Waals surface area contributed by atoms with Crippen LogP contribution < -0.4 is 0 Å². The Morgan fingerprint density at radius 3 is 2.94 bits per heavy atom. The van der Waals surface area contributed by atoms with Gasteiger partial charge in [0, 0.05) is 6.92 Å². The van der Waals surface area contributed by atoms with E-state index >= 15 is 0 Å². The van der Waals surface area contributed by atoms with Crippen LogP contribution in [0.2, 0.25) is 0 Å². The molecule has 0 aliphatic heterocycles. The fraction of sp³-hybridized carbons (Fsp3) is 0.385. The number of hydrogen-bond donors (Lipinski definition) is 0. The second kappa shape index (κ2) is 4.57. The molecule has 1 aromatic heterocycles. The van der Waals surface area contributed by atoms with Gasteiger partial charge in [-0.2, -0.15) is 0 Å². The Kier molecular flexibility index (Phi) is 3.13. The molecule has 0 spiro atoms. The molecule has 4 nitrogen and oxygen atoms in total. The largest absolute Gasteiger partial charge is 0.469 e. The lowest BCUT2D eigenvalue weighted by Crippen LogP contribution is -2.13. The smallest absolute Gasteiger partial charge is 0.313 e. The summed E-state index contributed by atoms with van der Waals surface area (Å²) in [5.74, 6) is 0.168. The maximum Gasteiger partial charge on any atom is 0.313 e. The molecule has 1 heterocycles. The maximum atomic E-state index is 11.6. The highest BCUT2D eigenvalue weighted by Crippen LogP contribution is 2.25. The maximum absolute atomic E-state index is 11.6. The minimum Gasteiger partial charge on any atom is -0.469 e. The highest BCUT2D eigenvalue weighted by Gasteiger charge is 2.20. The van der Waals surface area contributed by atoms with E-state index in [1.165, 1.54) is 7.11 Å². The van der Waals surface area contributed by atoms with Crippen molar-refractivity contribution >= 4 is 17.1 Å². The van der Waals surface area contributed by atoms with Crippen LogP contribution in [-0.4, -0.2) is 18.1 Å². The molecule has 0 saturated carbocycles. The van der Waals surface area contributed by atoms with Crippen molar-refractivity contribution in [2.24, 2.45) is 0 Å². The van der Waals surface area contributed by atoms with Crippen molar-refractivity contribution in [3.05, 3.63) is 29.7 Å². The van der Waals surface area contributed by atoms with Crippen molar-refractivity contribution in [2.45, 2.75) is 26.2 Å². The van der Waals surface area contributed by atoms with Crippen molar-refractivity contribution in [1.82, 2.24) is 4.98 Å². The van der Waals surface area contributed by atoms with Crippen LogP contribution in [0.5, 0.6) is 0 Å². The summed E-state index contributed by atoms with van der Waals surface area (Å²) in [6.45, 7) is 3.76. The lowest BCUT2D eigenvalue weighted by molar-refractivity contribution is -0.142. The summed E-state index contributed by atoms with van der Waals surface area (Å²) in [5.41, 5.74) is 2.43. The second-order valence-electron chi connectivity index (χ2n) is 3.94. The topological polar surface area (TPSA) is 52.3 Å². The molecule has 2 rings (SSSR count). The molecule has 1 atom stereocenters. The van der Waals surface area contributed by atoms with E-state index in [-0.39, 0.29) is 11.9 Å². The van der Waals surface area contributed by atoms with Crippen molar-refractivity contribution < 1.29 is 13.9 Å². The Morgan fingerprint density at radius 1 is 1.53 bits per heavy atom. The summed E-state index contributed by atoms with van der Waals surface area (Å²) in [6.07, 6.45) is 0.700. The highest BCUT2D eigenvalue weighted by molar-refractivity contribution is 5.81. The molecule has 0 N–H and O–H groups in total. The van der Waals surface area contributed by atoms with E-state index < -0.39 is 0 Å². The second-order valence-corrected chi connectivity index (χ2v) is 3.94. The highest BCUT2D eigenvalue weighted by atomic mass is 16.5. The van der Waals surface area contributed by atoms with Crippen LogP contribution in [0.3, 0.4) is 0 Å². The Morgan fingerprint density at radius 2 is 2.29 bits per heavy atom. The van der Waals surface area contributed by atoms with Gasteiger partial charge in [-0.1, -0.05) is 13.0 Å². The number of methoxy groups -OCH3 is 1. The van der Waals surface area contributed by atoms with Crippen LogP contribution in [0.25, 0.3) is 11.1 Å². The van der Waals surface area contributed by atoms with Crippen LogP contribution >= 0.6 is 0 Å². The minimum atomic E-state index is -0.241. The normalized spacial score (nSPS) is 12.6. The number of carbonyl (C=O) groups excluding carboxylic acids is 1. The number of oxazole rings is 1. The van der Waals surface area contributed by atoms with Crippen molar-refractivity contribution in [2.75, 3.05) is 7.11 Å². The first-order valence-electron chi connectivity index (χ1n) is 5.60. The van der Waals surface area contributed by atoms with Gasteiger partial charge in [-0.15, -0.1) is 0 Å². The number of rotatable bonds is 3. The fourth-order valence-electron chi connectivity index (χ4n) is 1.95. The van der Waals surface area contributed by atoms with E-state index in [1.54, 1.807) is 6.92 Å². The fourth-order valence-corrected chi connectivity index (χ4v) is 1.95. The number of benzene rings is 1. The van der Waals surface area contributed by atoms with Gasteiger partial charge in [0.25, 0.3) is 0 Å². The van der Waals surface area contributed by atoms with Crippen LogP contribution in [0.4, 0.5) is 0 Å². The molecular formula is C13H15NO3. The molecule has 0 fully saturated rings. The zero-order valence-corrected chi connectivity index (χ0v) is 10.2. The van der Waals surface area contributed by atoms with Gasteiger partial charge in [0.1, 0.15) is 5.52 Å². The molecule has 0 radical (unpaired) electrons. The number of ether oxygens (including phenoxy) is 1. The van der Waals surface area contributed by atoms with Crippen LogP contribution in [-0.2, 0) is 9.53 Å². The summed E-state index contributed by atoms with van der Waals surface area (Å²) < 4.78 is 10.2. The SMILES string of the molecule is CCC(C(=O)OC)c1ccc2nc(C)oc2c1. The lowest BCUT2D eigenvalue weighted by Gasteiger charge is -2.12. The third kappa shape index (κ3) is 2.16. The van der Waals surface area contributed by atoms with E-state index in [9.17, 15) is 4.79 Å². The average molecular weight is 233 g/mol. The first-order valence-corrected chi connectivity index (χ1v) is 5.60. The summed E-state index contributed by atoms with van der Waals surface area (Å²) in [5, 5.41) is 0. The first kappa shape index (κ1) is 11.6. The lowest BCUT2D eigenvalue weighted by atomic mass is 9.96. The molecule has 1 aromatic carbocycles. The van der Waals surface area contributed by atoms with Crippen LogP contribution in [0.1, 0.15) is 30.7 Å². The van der Waals surface area contributed by atoms with Gasteiger partial charge in [-0.05, 0) is 24.1 Å². The summed E-state index contributed by atoms with van der Waals surface area (Å²) >= 11 is 0. The number of carbonyl (C=O) groups is 1. The molecule has 4 heteroatoms. The Hall–Kier alpha value is -1.84. The van der Waals surface area contributed by atoms with E-state index in [4.69, 9.17) is 9.15 Å². The van der Waals surface area contributed by atoms with Crippen molar-refractivity contribution in [1.29, 1.82) is 0 Å². The van der Waals surface area contributed by atoms with Crippen molar-refractivity contribution in [3.63, 3.8) is 0 Å². The minimum absolute atomic E-state index is 0.219. The number of nitrogens with zero attached hydrogens (tertiary/aromatic N) is 1. The molecule has 90 valence electrons. The Bertz CT molecular complexity index is 545. The summed E-state index contributed by atoms with van der Waals surface area (Å²) in [6, 6.07) is 5.63. The summed E-state index contributed by atoms with van der Waals surface area (Å²) in [7, 11) is 1.40. The Labute approximate surface area is 99.6 Å². The molecule has 17 heavy (non-hydrogen) atoms. The van der Waals surface area contributed by atoms with Gasteiger partial charge < -0.3 is 9.15 Å². The predicted octanol–water partition coefficient (Wildman–Crippen LogP) is 2.80.